The lowest BCUT2D eigenvalue weighted by Crippen LogP contribution is -2.17. The molecule has 42 valence electrons. The maximum Gasteiger partial charge on any atom is 0.159 e. The Balaban J connectivity index is 3.34. The third-order valence-electron chi connectivity index (χ3n) is 0.615. The lowest BCUT2D eigenvalue weighted by Gasteiger charge is -1.96. The molecule has 0 saturated carbocycles. The molecule has 7 heavy (non-hydrogen) atoms. The smallest absolute Gasteiger partial charge is 0.159 e. The van der Waals surface area contributed by atoms with Crippen LogP contribution in [0.3, 0.4) is 0 Å². The normalized spacial score (nSPS) is 13.6. The van der Waals surface area contributed by atoms with Gasteiger partial charge in [-0.05, 0) is 6.92 Å². The first kappa shape index (κ1) is 7.11. The van der Waals surface area contributed by atoms with Crippen LogP contribution in [0.25, 0.3) is 0 Å². The number of hydrogen-bond donors (Lipinski definition) is 1. The van der Waals surface area contributed by atoms with Crippen LogP contribution in [-0.4, -0.2) is 22.3 Å². The standard InChI is InChI=1S/C4H7BrO2/c1-3(6)4(7)2-5/h4,7H,2H2,1H3. The van der Waals surface area contributed by atoms with Crippen LogP contribution in [0.4, 0.5) is 0 Å². The molecule has 1 unspecified atom stereocenters. The molecule has 3 heteroatoms. The van der Waals surface area contributed by atoms with E-state index in [-0.39, 0.29) is 5.78 Å². The number of hydrogen-bond acceptors (Lipinski definition) is 2. The minimum Gasteiger partial charge on any atom is -0.384 e. The quantitative estimate of drug-likeness (QED) is 0.601. The van der Waals surface area contributed by atoms with E-state index in [1.54, 1.807) is 0 Å². The molecule has 0 aliphatic carbocycles. The van der Waals surface area contributed by atoms with Crippen molar-refractivity contribution in [3.63, 3.8) is 0 Å². The zero-order valence-corrected chi connectivity index (χ0v) is 5.60. The van der Waals surface area contributed by atoms with Gasteiger partial charge in [-0.2, -0.15) is 0 Å². The van der Waals surface area contributed by atoms with Crippen LogP contribution >= 0.6 is 15.9 Å². The molecule has 0 aliphatic heterocycles. The molecule has 0 bridgehead atoms. The van der Waals surface area contributed by atoms with Crippen LogP contribution in [-0.2, 0) is 4.79 Å². The molecule has 0 amide bonds. The number of carbonyl (C=O) groups excluding carboxylic acids is 1. The SMILES string of the molecule is CC(=O)C(O)CBr. The number of aliphatic hydroxyl groups is 1. The molecule has 0 aliphatic rings. The van der Waals surface area contributed by atoms with Crippen molar-refractivity contribution >= 4 is 21.7 Å². The average Bonchev–Trinajstić information content (AvgIpc) is 1.65. The minimum absolute atomic E-state index is 0.197. The Morgan fingerprint density at radius 3 is 2.43 bits per heavy atom. The van der Waals surface area contributed by atoms with Crippen molar-refractivity contribution in [3.8, 4) is 0 Å². The molecule has 0 rings (SSSR count). The number of carbonyl (C=O) groups is 1. The highest BCUT2D eigenvalue weighted by Gasteiger charge is 2.04. The molecule has 0 saturated heterocycles. The van der Waals surface area contributed by atoms with Gasteiger partial charge in [0.1, 0.15) is 6.10 Å². The fourth-order valence-corrected chi connectivity index (χ4v) is 0.565. The maximum atomic E-state index is 10.1. The van der Waals surface area contributed by atoms with Crippen molar-refractivity contribution < 1.29 is 9.90 Å². The number of aliphatic hydroxyl groups excluding tert-OH is 1. The Morgan fingerprint density at radius 2 is 2.43 bits per heavy atom. The monoisotopic (exact) mass is 166 g/mol. The van der Waals surface area contributed by atoms with Crippen LogP contribution in [0.15, 0.2) is 0 Å². The number of ketones is 1. The van der Waals surface area contributed by atoms with Crippen LogP contribution < -0.4 is 0 Å². The molecule has 1 N–H and O–H groups in total. The highest BCUT2D eigenvalue weighted by Crippen LogP contribution is 1.89. The van der Waals surface area contributed by atoms with E-state index < -0.39 is 6.10 Å². The van der Waals surface area contributed by atoms with Gasteiger partial charge >= 0.3 is 0 Å². The lowest BCUT2D eigenvalue weighted by atomic mass is 10.3. The Bertz CT molecular complexity index is 72.1. The number of alkyl halides is 1. The first-order valence-corrected chi connectivity index (χ1v) is 3.05. The van der Waals surface area contributed by atoms with Gasteiger partial charge in [0, 0.05) is 5.33 Å². The second-order valence-corrected chi connectivity index (χ2v) is 1.93. The Labute approximate surface area is 50.7 Å². The Kier molecular flexibility index (Phi) is 3.21. The lowest BCUT2D eigenvalue weighted by molar-refractivity contribution is -0.123. The Hall–Kier alpha value is 0.110. The predicted octanol–water partition coefficient (Wildman–Crippen LogP) is 0.331. The fraction of sp³-hybridized carbons (Fsp3) is 0.750. The first-order valence-electron chi connectivity index (χ1n) is 1.93. The Morgan fingerprint density at radius 1 is 2.00 bits per heavy atom. The van der Waals surface area contributed by atoms with Gasteiger partial charge in [-0.25, -0.2) is 0 Å². The summed E-state index contributed by atoms with van der Waals surface area (Å²) in [5, 5.41) is 8.87. The van der Waals surface area contributed by atoms with Crippen LogP contribution in [0.5, 0.6) is 0 Å². The molecule has 0 aromatic rings. The van der Waals surface area contributed by atoms with Crippen molar-refractivity contribution in [2.75, 3.05) is 5.33 Å². The minimum atomic E-state index is -0.819. The zero-order valence-electron chi connectivity index (χ0n) is 4.02. The van der Waals surface area contributed by atoms with E-state index in [1.165, 1.54) is 6.92 Å². The average molecular weight is 167 g/mol. The van der Waals surface area contributed by atoms with Crippen LogP contribution in [0.1, 0.15) is 6.92 Å². The summed E-state index contributed by atoms with van der Waals surface area (Å²) in [6, 6.07) is 0. The summed E-state index contributed by atoms with van der Waals surface area (Å²) in [5.74, 6) is -0.197. The van der Waals surface area contributed by atoms with Crippen molar-refractivity contribution in [1.29, 1.82) is 0 Å². The molecule has 0 aromatic carbocycles. The van der Waals surface area contributed by atoms with E-state index in [0.717, 1.165) is 0 Å². The summed E-state index contributed by atoms with van der Waals surface area (Å²) in [5.41, 5.74) is 0. The molecule has 0 heterocycles. The van der Waals surface area contributed by atoms with Gasteiger partial charge in [0.25, 0.3) is 0 Å². The second kappa shape index (κ2) is 3.16. The number of halogens is 1. The van der Waals surface area contributed by atoms with Gasteiger partial charge in [0.2, 0.25) is 0 Å². The first-order chi connectivity index (χ1) is 3.18. The second-order valence-electron chi connectivity index (χ2n) is 1.28. The molecule has 1 atom stereocenters. The van der Waals surface area contributed by atoms with Gasteiger partial charge in [-0.3, -0.25) is 4.79 Å². The van der Waals surface area contributed by atoms with Crippen molar-refractivity contribution in [2.24, 2.45) is 0 Å². The zero-order chi connectivity index (χ0) is 5.86. The molecular weight excluding hydrogens is 160 g/mol. The van der Waals surface area contributed by atoms with Crippen LogP contribution in [0.2, 0.25) is 0 Å². The maximum absolute atomic E-state index is 10.1. The van der Waals surface area contributed by atoms with Crippen molar-refractivity contribution in [2.45, 2.75) is 13.0 Å². The van der Waals surface area contributed by atoms with Gasteiger partial charge in [0.15, 0.2) is 5.78 Å². The van der Waals surface area contributed by atoms with Crippen molar-refractivity contribution in [3.05, 3.63) is 0 Å². The summed E-state index contributed by atoms with van der Waals surface area (Å²) in [7, 11) is 0. The number of rotatable bonds is 2. The summed E-state index contributed by atoms with van der Waals surface area (Å²) in [6.07, 6.45) is -0.819. The highest BCUT2D eigenvalue weighted by molar-refractivity contribution is 9.09. The van der Waals surface area contributed by atoms with Gasteiger partial charge in [-0.15, -0.1) is 0 Å². The van der Waals surface area contributed by atoms with E-state index in [1.807, 2.05) is 0 Å². The predicted molar refractivity (Wildman–Crippen MR) is 30.5 cm³/mol. The van der Waals surface area contributed by atoms with E-state index in [0.29, 0.717) is 5.33 Å². The van der Waals surface area contributed by atoms with Crippen molar-refractivity contribution in [1.82, 2.24) is 0 Å². The molecule has 0 fully saturated rings. The molecular formula is C4H7BrO2. The number of Topliss-reactive ketones (excluding diaryl/α,β-unsaturated/α-hetero) is 1. The molecule has 2 nitrogen and oxygen atoms in total. The molecule has 0 radical (unpaired) electrons. The fourth-order valence-electron chi connectivity index (χ4n) is 0.109. The van der Waals surface area contributed by atoms with Gasteiger partial charge in [0.05, 0.1) is 0 Å². The van der Waals surface area contributed by atoms with E-state index >= 15 is 0 Å². The molecule has 0 spiro atoms. The summed E-state index contributed by atoms with van der Waals surface area (Å²) >= 11 is 2.94. The van der Waals surface area contributed by atoms with E-state index in [2.05, 4.69) is 15.9 Å². The third kappa shape index (κ3) is 2.76. The van der Waals surface area contributed by atoms with Gasteiger partial charge in [-0.1, -0.05) is 15.9 Å². The topological polar surface area (TPSA) is 37.3 Å². The van der Waals surface area contributed by atoms with E-state index in [4.69, 9.17) is 5.11 Å². The summed E-state index contributed by atoms with van der Waals surface area (Å²) in [6.45, 7) is 1.35. The van der Waals surface area contributed by atoms with Crippen LogP contribution in [0, 0.1) is 0 Å². The summed E-state index contributed by atoms with van der Waals surface area (Å²) < 4.78 is 0. The van der Waals surface area contributed by atoms with Gasteiger partial charge < -0.3 is 5.11 Å². The molecule has 0 aromatic heterocycles. The highest BCUT2D eigenvalue weighted by atomic mass is 79.9. The summed E-state index contributed by atoms with van der Waals surface area (Å²) in [4.78, 5) is 10.1. The van der Waals surface area contributed by atoms with E-state index in [9.17, 15) is 4.79 Å². The third-order valence-corrected chi connectivity index (χ3v) is 1.23. The largest absolute Gasteiger partial charge is 0.384 e.